The van der Waals surface area contributed by atoms with E-state index in [1.54, 1.807) is 14.2 Å². The van der Waals surface area contributed by atoms with Crippen LogP contribution < -0.4 is 5.19 Å². The zero-order valence-electron chi connectivity index (χ0n) is 8.60. The monoisotopic (exact) mass is 212 g/mol. The molecule has 78 valence electrons. The molecule has 0 heterocycles. The predicted octanol–water partition coefficient (Wildman–Crippen LogP) is 0.0312. The Balaban J connectivity index is 2.21. The van der Waals surface area contributed by atoms with Gasteiger partial charge in [-0.1, -0.05) is 30.3 Å². The van der Waals surface area contributed by atoms with E-state index in [1.165, 1.54) is 5.19 Å². The molecule has 0 aliphatic carbocycles. The molecule has 1 rings (SSSR count). The smallest absolute Gasteiger partial charge is 0.192 e. The Morgan fingerprint density at radius 3 is 2.36 bits per heavy atom. The van der Waals surface area contributed by atoms with Crippen LogP contribution in [0.4, 0.5) is 0 Å². The van der Waals surface area contributed by atoms with Gasteiger partial charge in [-0.2, -0.15) is 0 Å². The maximum Gasteiger partial charge on any atom is 0.192 e. The molecular weight excluding hydrogens is 196 g/mol. The van der Waals surface area contributed by atoms with Crippen LogP contribution in [-0.4, -0.2) is 36.9 Å². The highest BCUT2D eigenvalue weighted by Crippen LogP contribution is 1.91. The Hall–Kier alpha value is -0.683. The first-order chi connectivity index (χ1) is 6.86. The molecule has 1 aromatic carbocycles. The second kappa shape index (κ2) is 6.72. The minimum Gasteiger partial charge on any atom is -0.413 e. The van der Waals surface area contributed by atoms with Crippen LogP contribution >= 0.6 is 0 Å². The third-order valence-electron chi connectivity index (χ3n) is 1.89. The second-order valence-corrected chi connectivity index (χ2v) is 4.42. The van der Waals surface area contributed by atoms with E-state index in [0.29, 0.717) is 6.61 Å². The average molecular weight is 212 g/mol. The number of ether oxygens (including phenoxy) is 2. The quantitative estimate of drug-likeness (QED) is 0.492. The van der Waals surface area contributed by atoms with Gasteiger partial charge in [-0.05, 0) is 5.19 Å². The van der Waals surface area contributed by atoms with Crippen molar-refractivity contribution in [3.05, 3.63) is 30.3 Å². The summed E-state index contributed by atoms with van der Waals surface area (Å²) in [4.78, 5) is 0. The van der Waals surface area contributed by atoms with Gasteiger partial charge in [-0.15, -0.1) is 0 Å². The molecule has 0 N–H and O–H groups in total. The molecule has 14 heavy (non-hydrogen) atoms. The number of hydrogen-bond donors (Lipinski definition) is 0. The van der Waals surface area contributed by atoms with Gasteiger partial charge in [0.25, 0.3) is 0 Å². The molecule has 0 radical (unpaired) electrons. The van der Waals surface area contributed by atoms with Crippen molar-refractivity contribution in [3.63, 3.8) is 0 Å². The first kappa shape index (κ1) is 11.4. The molecule has 0 saturated heterocycles. The molecule has 0 aromatic heterocycles. The number of hydrogen-bond acceptors (Lipinski definition) is 3. The highest BCUT2D eigenvalue weighted by atomic mass is 28.2. The summed E-state index contributed by atoms with van der Waals surface area (Å²) < 4.78 is 15.6. The summed E-state index contributed by atoms with van der Waals surface area (Å²) >= 11 is 0. The van der Waals surface area contributed by atoms with Crippen molar-refractivity contribution < 1.29 is 13.9 Å². The normalized spacial score (nSPS) is 11.6. The Kier molecular flexibility index (Phi) is 5.47. The van der Waals surface area contributed by atoms with E-state index in [2.05, 4.69) is 12.1 Å². The SMILES string of the molecule is COC(CO[SiH2]c1ccccc1)OC. The molecule has 0 amide bonds. The summed E-state index contributed by atoms with van der Waals surface area (Å²) in [6, 6.07) is 10.2. The summed E-state index contributed by atoms with van der Waals surface area (Å²) in [7, 11) is 2.59. The van der Waals surface area contributed by atoms with Gasteiger partial charge in [0.2, 0.25) is 0 Å². The lowest BCUT2D eigenvalue weighted by atomic mass is 10.4. The van der Waals surface area contributed by atoms with Gasteiger partial charge in [0.15, 0.2) is 16.1 Å². The van der Waals surface area contributed by atoms with Crippen molar-refractivity contribution >= 4 is 14.9 Å². The number of benzene rings is 1. The fourth-order valence-corrected chi connectivity index (χ4v) is 2.09. The minimum atomic E-state index is -0.633. The van der Waals surface area contributed by atoms with Crippen molar-refractivity contribution in [2.24, 2.45) is 0 Å². The van der Waals surface area contributed by atoms with Gasteiger partial charge >= 0.3 is 0 Å². The number of rotatable bonds is 6. The molecule has 0 aliphatic heterocycles. The van der Waals surface area contributed by atoms with Crippen LogP contribution in [0.3, 0.4) is 0 Å². The zero-order valence-corrected chi connectivity index (χ0v) is 10.0. The maximum atomic E-state index is 5.55. The van der Waals surface area contributed by atoms with Crippen molar-refractivity contribution in [1.82, 2.24) is 0 Å². The predicted molar refractivity (Wildman–Crippen MR) is 58.4 cm³/mol. The average Bonchev–Trinajstić information content (AvgIpc) is 2.26. The molecule has 0 bridgehead atoms. The lowest BCUT2D eigenvalue weighted by Crippen LogP contribution is -2.25. The molecule has 0 saturated carbocycles. The van der Waals surface area contributed by atoms with E-state index in [-0.39, 0.29) is 6.29 Å². The third kappa shape index (κ3) is 4.02. The zero-order chi connectivity index (χ0) is 10.2. The summed E-state index contributed by atoms with van der Waals surface area (Å²) in [5.74, 6) is 0. The van der Waals surface area contributed by atoms with Crippen LogP contribution in [0, 0.1) is 0 Å². The molecule has 1 aromatic rings. The van der Waals surface area contributed by atoms with Gasteiger partial charge in [-0.3, -0.25) is 0 Å². The Morgan fingerprint density at radius 2 is 1.79 bits per heavy atom. The van der Waals surface area contributed by atoms with Crippen LogP contribution in [-0.2, 0) is 13.9 Å². The highest BCUT2D eigenvalue weighted by Gasteiger charge is 2.04. The lowest BCUT2D eigenvalue weighted by Gasteiger charge is -2.13. The molecule has 0 aliphatic rings. The number of methoxy groups -OCH3 is 2. The fourth-order valence-electron chi connectivity index (χ4n) is 1.08. The first-order valence-electron chi connectivity index (χ1n) is 4.54. The summed E-state index contributed by atoms with van der Waals surface area (Å²) in [5.41, 5.74) is 0. The maximum absolute atomic E-state index is 5.55. The van der Waals surface area contributed by atoms with Crippen molar-refractivity contribution in [2.75, 3.05) is 20.8 Å². The molecule has 3 nitrogen and oxygen atoms in total. The molecule has 4 heteroatoms. The van der Waals surface area contributed by atoms with Crippen LogP contribution in [0.15, 0.2) is 30.3 Å². The van der Waals surface area contributed by atoms with Crippen molar-refractivity contribution in [1.29, 1.82) is 0 Å². The van der Waals surface area contributed by atoms with Crippen LogP contribution in [0.1, 0.15) is 0 Å². The lowest BCUT2D eigenvalue weighted by molar-refractivity contribution is -0.121. The standard InChI is InChI=1S/C10H16O3Si/c1-11-10(12-2)8-13-14-9-6-4-3-5-7-9/h3-7,10H,8,14H2,1-2H3. The first-order valence-corrected chi connectivity index (χ1v) is 5.82. The van der Waals surface area contributed by atoms with Gasteiger partial charge in [-0.25, -0.2) is 0 Å². The second-order valence-electron chi connectivity index (χ2n) is 2.90. The summed E-state index contributed by atoms with van der Waals surface area (Å²) in [6.07, 6.45) is -0.244. The van der Waals surface area contributed by atoms with E-state index < -0.39 is 9.76 Å². The molecule has 0 fully saturated rings. The molecule has 0 unspecified atom stereocenters. The van der Waals surface area contributed by atoms with E-state index in [1.807, 2.05) is 18.2 Å². The Morgan fingerprint density at radius 1 is 1.14 bits per heavy atom. The molecule has 0 spiro atoms. The third-order valence-corrected chi connectivity index (χ3v) is 3.14. The van der Waals surface area contributed by atoms with E-state index in [0.717, 1.165) is 0 Å². The van der Waals surface area contributed by atoms with Gasteiger partial charge in [0, 0.05) is 14.2 Å². The van der Waals surface area contributed by atoms with Crippen LogP contribution in [0.5, 0.6) is 0 Å². The Labute approximate surface area is 86.9 Å². The van der Waals surface area contributed by atoms with Gasteiger partial charge < -0.3 is 13.9 Å². The highest BCUT2D eigenvalue weighted by molar-refractivity contribution is 6.46. The minimum absolute atomic E-state index is 0.244. The Bertz CT molecular complexity index is 236. The van der Waals surface area contributed by atoms with Crippen molar-refractivity contribution in [2.45, 2.75) is 6.29 Å². The van der Waals surface area contributed by atoms with Gasteiger partial charge in [0.05, 0.1) is 6.61 Å². The topological polar surface area (TPSA) is 27.7 Å². The van der Waals surface area contributed by atoms with Crippen molar-refractivity contribution in [3.8, 4) is 0 Å². The largest absolute Gasteiger partial charge is 0.413 e. The van der Waals surface area contributed by atoms with Gasteiger partial charge in [0.1, 0.15) is 0 Å². The van der Waals surface area contributed by atoms with E-state index >= 15 is 0 Å². The fraction of sp³-hybridized carbons (Fsp3) is 0.400. The summed E-state index contributed by atoms with van der Waals surface area (Å²) in [6.45, 7) is 0.508. The van der Waals surface area contributed by atoms with E-state index in [4.69, 9.17) is 13.9 Å². The summed E-state index contributed by atoms with van der Waals surface area (Å²) in [5, 5.41) is 1.29. The molecular formula is C10H16O3Si. The van der Waals surface area contributed by atoms with Crippen LogP contribution in [0.25, 0.3) is 0 Å². The van der Waals surface area contributed by atoms with Crippen LogP contribution in [0.2, 0.25) is 0 Å². The molecule has 0 atom stereocenters. The van der Waals surface area contributed by atoms with E-state index in [9.17, 15) is 0 Å².